The summed E-state index contributed by atoms with van der Waals surface area (Å²) < 4.78 is 15.8. The zero-order valence-electron chi connectivity index (χ0n) is 28.8. The zero-order chi connectivity index (χ0) is 37.6. The number of nitrogens with one attached hydrogen (secondary N) is 1. The fourth-order valence-electron chi connectivity index (χ4n) is 5.55. The molecule has 19 heteroatoms. The van der Waals surface area contributed by atoms with Gasteiger partial charge < -0.3 is 28.1 Å². The van der Waals surface area contributed by atoms with Gasteiger partial charge in [-0.25, -0.2) is 9.59 Å². The van der Waals surface area contributed by atoms with E-state index in [1.165, 1.54) is 4.90 Å². The number of carbonyl (C=O) groups excluding carboxylic acids is 2. The summed E-state index contributed by atoms with van der Waals surface area (Å²) in [4.78, 5) is 70.6. The third-order valence-electron chi connectivity index (χ3n) is 8.00. The Labute approximate surface area is 296 Å². The second kappa shape index (κ2) is 18.7. The highest BCUT2D eigenvalue weighted by molar-refractivity contribution is 5.85. The largest absolute Gasteiger partial charge is 0.519 e. The van der Waals surface area contributed by atoms with E-state index < -0.39 is 47.3 Å². The molecule has 278 valence electrons. The molecule has 0 aliphatic rings. The smallest absolute Gasteiger partial charge is 0.456 e. The molecule has 19 nitrogen and oxygen atoms in total. The molecule has 52 heavy (non-hydrogen) atoms. The van der Waals surface area contributed by atoms with Crippen LogP contribution in [0.4, 0.5) is 0 Å². The van der Waals surface area contributed by atoms with Gasteiger partial charge in [0.1, 0.15) is 18.8 Å². The summed E-state index contributed by atoms with van der Waals surface area (Å²) in [5.41, 5.74) is 3.33. The first-order valence-corrected chi connectivity index (χ1v) is 16.5. The van der Waals surface area contributed by atoms with E-state index in [1.54, 1.807) is 13.8 Å². The quantitative estimate of drug-likeness (QED) is 0.0706. The Morgan fingerprint density at radius 2 is 1.69 bits per heavy atom. The standard InChI is InChI=1S/C33H39N7O12/c1-4-5-13-29(41)38(18-22-14-16-23(17-15-22)25-10-6-7-11-26(25)31-34-36-37-35-31)30(21(2)3)32(42)48-20-28-27(50-33(43)51-28)12-8-9-24(52-40(46)47)19-49-39(44)45/h6-7,10-11,14-17,21,24,30H,4-5,8-9,12-13,18-20H2,1-3H3,(H,34,35,36,37)/t24-,30-/m0/s1. The van der Waals surface area contributed by atoms with Crippen molar-refractivity contribution in [2.75, 3.05) is 6.61 Å². The maximum absolute atomic E-state index is 13.7. The lowest BCUT2D eigenvalue weighted by atomic mass is 9.97. The molecule has 1 amide bonds. The Bertz CT molecular complexity index is 1840. The maximum atomic E-state index is 13.7. The van der Waals surface area contributed by atoms with Gasteiger partial charge in [0.25, 0.3) is 10.2 Å². The Balaban J connectivity index is 1.47. The molecule has 2 aromatic heterocycles. The lowest BCUT2D eigenvalue weighted by Crippen LogP contribution is -2.48. The molecule has 0 saturated heterocycles. The van der Waals surface area contributed by atoms with E-state index in [-0.39, 0.29) is 55.6 Å². The number of aromatic nitrogens is 4. The molecule has 0 radical (unpaired) electrons. The second-order valence-corrected chi connectivity index (χ2v) is 12.1. The van der Waals surface area contributed by atoms with Crippen molar-refractivity contribution < 1.29 is 43.0 Å². The molecule has 2 heterocycles. The maximum Gasteiger partial charge on any atom is 0.519 e. The lowest BCUT2D eigenvalue weighted by molar-refractivity contribution is -0.790. The zero-order valence-corrected chi connectivity index (χ0v) is 28.8. The summed E-state index contributed by atoms with van der Waals surface area (Å²) in [5.74, 6) is -2.00. The number of esters is 1. The summed E-state index contributed by atoms with van der Waals surface area (Å²) in [5, 5.41) is 33.4. The minimum absolute atomic E-state index is 0.000523. The van der Waals surface area contributed by atoms with Gasteiger partial charge in [0.2, 0.25) is 11.7 Å². The molecule has 4 aromatic rings. The van der Waals surface area contributed by atoms with Crippen LogP contribution in [0.3, 0.4) is 0 Å². The molecular weight excluding hydrogens is 686 g/mol. The van der Waals surface area contributed by atoms with E-state index in [9.17, 15) is 34.6 Å². The number of aromatic amines is 1. The van der Waals surface area contributed by atoms with Gasteiger partial charge in [-0.15, -0.1) is 30.4 Å². The summed E-state index contributed by atoms with van der Waals surface area (Å²) in [7, 11) is 0. The highest BCUT2D eigenvalue weighted by Gasteiger charge is 2.34. The minimum Gasteiger partial charge on any atom is -0.456 e. The fourth-order valence-corrected chi connectivity index (χ4v) is 5.55. The van der Waals surface area contributed by atoms with Gasteiger partial charge in [-0.1, -0.05) is 75.7 Å². The number of benzene rings is 2. The molecule has 4 rings (SSSR count). The summed E-state index contributed by atoms with van der Waals surface area (Å²) in [6.45, 7) is 4.49. The highest BCUT2D eigenvalue weighted by Crippen LogP contribution is 2.30. The normalized spacial score (nSPS) is 12.2. The molecule has 0 saturated carbocycles. The molecule has 0 spiro atoms. The SMILES string of the molecule is CCCCC(=O)N(Cc1ccc(-c2ccccc2-c2nn[nH]n2)cc1)[C@H](C(=O)OCc1oc(=O)oc1CCC[C@@H](CO[N+](=O)[O-])O[N+](=O)[O-])C(C)C. The highest BCUT2D eigenvalue weighted by atomic mass is 17.0. The molecule has 2 aromatic carbocycles. The first kappa shape index (κ1) is 38.7. The predicted octanol–water partition coefficient (Wildman–Crippen LogP) is 4.47. The molecule has 1 N–H and O–H groups in total. The van der Waals surface area contributed by atoms with Crippen molar-refractivity contribution in [3.8, 4) is 22.5 Å². The topological polar surface area (TPSA) is 249 Å². The van der Waals surface area contributed by atoms with Crippen molar-refractivity contribution in [3.63, 3.8) is 0 Å². The van der Waals surface area contributed by atoms with Crippen molar-refractivity contribution in [2.45, 2.75) is 84.6 Å². The number of hydrogen-bond donors (Lipinski definition) is 1. The first-order valence-electron chi connectivity index (χ1n) is 16.5. The Kier molecular flexibility index (Phi) is 13.9. The average Bonchev–Trinajstić information content (AvgIpc) is 3.78. The summed E-state index contributed by atoms with van der Waals surface area (Å²) in [6, 6.07) is 14.2. The third kappa shape index (κ3) is 10.9. The van der Waals surface area contributed by atoms with Crippen LogP contribution in [0, 0.1) is 26.1 Å². The van der Waals surface area contributed by atoms with Crippen LogP contribution in [0.1, 0.15) is 70.0 Å². The van der Waals surface area contributed by atoms with Crippen LogP contribution in [-0.4, -0.2) is 66.3 Å². The van der Waals surface area contributed by atoms with E-state index in [1.807, 2.05) is 55.5 Å². The number of H-pyrrole nitrogens is 1. The number of ether oxygens (including phenoxy) is 1. The molecular formula is C33H39N7O12. The number of aryl methyl sites for hydroxylation is 1. The Hall–Kier alpha value is -6.14. The number of unbranched alkanes of at least 4 members (excludes halogenated alkanes) is 1. The number of amides is 1. The van der Waals surface area contributed by atoms with Gasteiger partial charge >= 0.3 is 11.8 Å². The number of hydrogen-bond acceptors (Lipinski definition) is 15. The van der Waals surface area contributed by atoms with E-state index in [0.717, 1.165) is 28.7 Å². The van der Waals surface area contributed by atoms with Gasteiger partial charge in [0.15, 0.2) is 18.1 Å². The van der Waals surface area contributed by atoms with Crippen LogP contribution in [0.15, 0.2) is 62.2 Å². The molecule has 0 aliphatic heterocycles. The second-order valence-electron chi connectivity index (χ2n) is 12.1. The molecule has 2 atom stereocenters. The van der Waals surface area contributed by atoms with Crippen LogP contribution in [0.2, 0.25) is 0 Å². The van der Waals surface area contributed by atoms with E-state index in [2.05, 4.69) is 30.3 Å². The number of nitrogens with zero attached hydrogens (tertiary/aromatic N) is 6. The van der Waals surface area contributed by atoms with Crippen molar-refractivity contribution in [1.82, 2.24) is 25.5 Å². The summed E-state index contributed by atoms with van der Waals surface area (Å²) >= 11 is 0. The molecule has 0 unspecified atom stereocenters. The van der Waals surface area contributed by atoms with Crippen LogP contribution in [0.5, 0.6) is 0 Å². The number of tetrazole rings is 1. The monoisotopic (exact) mass is 725 g/mol. The molecule has 0 fully saturated rings. The molecule has 0 bridgehead atoms. The van der Waals surface area contributed by atoms with Crippen LogP contribution in [0.25, 0.3) is 22.5 Å². The fraction of sp³-hybridized carbons (Fsp3) is 0.455. The van der Waals surface area contributed by atoms with Gasteiger partial charge in [0, 0.05) is 24.9 Å². The van der Waals surface area contributed by atoms with E-state index >= 15 is 0 Å². The molecule has 0 aliphatic carbocycles. The van der Waals surface area contributed by atoms with E-state index in [0.29, 0.717) is 12.2 Å². The van der Waals surface area contributed by atoms with Gasteiger partial charge in [-0.3, -0.25) is 4.79 Å². The lowest BCUT2D eigenvalue weighted by Gasteiger charge is -2.33. The van der Waals surface area contributed by atoms with Gasteiger partial charge in [-0.2, -0.15) is 5.21 Å². The van der Waals surface area contributed by atoms with Crippen molar-refractivity contribution >= 4 is 11.9 Å². The minimum atomic E-state index is -1.26. The third-order valence-corrected chi connectivity index (χ3v) is 8.00. The van der Waals surface area contributed by atoms with Gasteiger partial charge in [0.05, 0.1) is 0 Å². The van der Waals surface area contributed by atoms with Crippen molar-refractivity contribution in [2.24, 2.45) is 5.92 Å². The predicted molar refractivity (Wildman–Crippen MR) is 179 cm³/mol. The first-order chi connectivity index (χ1) is 25.0. The number of carbonyl (C=O) groups is 2. The van der Waals surface area contributed by atoms with Crippen LogP contribution < -0.4 is 5.82 Å². The Morgan fingerprint density at radius 1 is 0.981 bits per heavy atom. The van der Waals surface area contributed by atoms with Crippen molar-refractivity contribution in [3.05, 3.63) is 96.5 Å². The summed E-state index contributed by atoms with van der Waals surface area (Å²) in [6.07, 6.45) is 0.396. The average molecular weight is 726 g/mol. The van der Waals surface area contributed by atoms with Gasteiger partial charge in [-0.05, 0) is 47.1 Å². The number of rotatable bonds is 21. The van der Waals surface area contributed by atoms with Crippen LogP contribution >= 0.6 is 0 Å². The van der Waals surface area contributed by atoms with Crippen LogP contribution in [-0.2, 0) is 43.6 Å². The Morgan fingerprint density at radius 3 is 2.33 bits per heavy atom. The van der Waals surface area contributed by atoms with E-state index in [4.69, 9.17) is 13.6 Å². The van der Waals surface area contributed by atoms with Crippen molar-refractivity contribution in [1.29, 1.82) is 0 Å².